The van der Waals surface area contributed by atoms with Crippen molar-refractivity contribution < 1.29 is 18.3 Å². The summed E-state index contributed by atoms with van der Waals surface area (Å²) in [6.45, 7) is 3.79. The van der Waals surface area contributed by atoms with Gasteiger partial charge >= 0.3 is 5.97 Å². The van der Waals surface area contributed by atoms with Crippen molar-refractivity contribution in [3.8, 4) is 0 Å². The molecule has 0 fully saturated rings. The number of aryl methyl sites for hydroxylation is 1. The maximum atomic E-state index is 12.3. The Hall–Kier alpha value is -2.13. The van der Waals surface area contributed by atoms with Crippen molar-refractivity contribution in [3.05, 3.63) is 35.9 Å². The zero-order chi connectivity index (χ0) is 15.6. The molecule has 0 spiro atoms. The number of H-pyrrole nitrogens is 1. The van der Waals surface area contributed by atoms with Gasteiger partial charge in [0.15, 0.2) is 0 Å². The first kappa shape index (κ1) is 15.3. The summed E-state index contributed by atoms with van der Waals surface area (Å²) >= 11 is 0. The van der Waals surface area contributed by atoms with Gasteiger partial charge in [-0.1, -0.05) is 0 Å². The molecule has 21 heavy (non-hydrogen) atoms. The van der Waals surface area contributed by atoms with Crippen molar-refractivity contribution in [2.24, 2.45) is 0 Å². The second kappa shape index (κ2) is 5.70. The van der Waals surface area contributed by atoms with Crippen LogP contribution in [0.25, 0.3) is 0 Å². The molecule has 1 unspecified atom stereocenters. The molecule has 114 valence electrons. The maximum absolute atomic E-state index is 12.3. The Balaban J connectivity index is 2.29. The number of aromatic carboxylic acids is 1. The van der Waals surface area contributed by atoms with E-state index in [1.807, 2.05) is 0 Å². The van der Waals surface area contributed by atoms with E-state index < -0.39 is 22.0 Å². The first-order valence-electron chi connectivity index (χ1n) is 6.29. The Kier molecular flexibility index (Phi) is 4.14. The minimum Gasteiger partial charge on any atom is -0.477 e. The predicted molar refractivity (Wildman–Crippen MR) is 74.4 cm³/mol. The van der Waals surface area contributed by atoms with E-state index in [-0.39, 0.29) is 10.6 Å². The van der Waals surface area contributed by atoms with E-state index in [1.165, 1.54) is 17.0 Å². The van der Waals surface area contributed by atoms with Crippen LogP contribution in [-0.2, 0) is 16.6 Å². The van der Waals surface area contributed by atoms with Gasteiger partial charge in [-0.3, -0.25) is 5.10 Å². The fourth-order valence-corrected chi connectivity index (χ4v) is 3.21. The summed E-state index contributed by atoms with van der Waals surface area (Å²) < 4.78 is 28.4. The predicted octanol–water partition coefficient (Wildman–Crippen LogP) is 0.969. The number of nitrogens with one attached hydrogen (secondary N) is 2. The van der Waals surface area contributed by atoms with E-state index in [2.05, 4.69) is 14.9 Å². The Labute approximate surface area is 121 Å². The van der Waals surface area contributed by atoms with E-state index in [1.54, 1.807) is 20.0 Å². The van der Waals surface area contributed by atoms with Crippen LogP contribution in [0, 0.1) is 0 Å². The van der Waals surface area contributed by atoms with Crippen LogP contribution in [-0.4, -0.2) is 34.3 Å². The Morgan fingerprint density at radius 3 is 2.76 bits per heavy atom. The second-order valence-electron chi connectivity index (χ2n) is 4.53. The highest BCUT2D eigenvalue weighted by Gasteiger charge is 2.23. The van der Waals surface area contributed by atoms with Gasteiger partial charge in [-0.05, 0) is 19.9 Å². The number of nitrogens with zero attached hydrogens (tertiary/aromatic N) is 2. The molecule has 2 rings (SSSR count). The van der Waals surface area contributed by atoms with Crippen molar-refractivity contribution in [3.63, 3.8) is 0 Å². The highest BCUT2D eigenvalue weighted by Crippen LogP contribution is 2.18. The molecule has 0 aliphatic heterocycles. The molecule has 0 radical (unpaired) electrons. The molecule has 9 heteroatoms. The minimum absolute atomic E-state index is 0.0613. The number of carbonyl (C=O) groups is 1. The van der Waals surface area contributed by atoms with Gasteiger partial charge in [0.25, 0.3) is 0 Å². The quantitative estimate of drug-likeness (QED) is 0.734. The SMILES string of the molecule is CCn1cc(S(=O)(=O)NC(C)c2cn[nH]c2)cc1C(=O)O. The Bertz CT molecular complexity index is 733. The van der Waals surface area contributed by atoms with Crippen LogP contribution < -0.4 is 4.72 Å². The average molecular weight is 312 g/mol. The zero-order valence-corrected chi connectivity index (χ0v) is 12.4. The molecule has 1 atom stereocenters. The molecule has 0 bridgehead atoms. The number of aromatic nitrogens is 3. The molecular formula is C12H16N4O4S. The van der Waals surface area contributed by atoms with E-state index in [4.69, 9.17) is 5.11 Å². The van der Waals surface area contributed by atoms with Gasteiger partial charge in [0.2, 0.25) is 10.0 Å². The second-order valence-corrected chi connectivity index (χ2v) is 6.24. The largest absolute Gasteiger partial charge is 0.477 e. The van der Waals surface area contributed by atoms with Gasteiger partial charge in [0.1, 0.15) is 10.6 Å². The summed E-state index contributed by atoms with van der Waals surface area (Å²) in [5.74, 6) is -1.17. The van der Waals surface area contributed by atoms with Gasteiger partial charge in [-0.15, -0.1) is 0 Å². The third-order valence-electron chi connectivity index (χ3n) is 3.09. The highest BCUT2D eigenvalue weighted by molar-refractivity contribution is 7.89. The van der Waals surface area contributed by atoms with Crippen LogP contribution in [0.3, 0.4) is 0 Å². The van der Waals surface area contributed by atoms with Gasteiger partial charge in [0.05, 0.1) is 6.20 Å². The number of hydrogen-bond donors (Lipinski definition) is 3. The minimum atomic E-state index is -3.81. The number of aromatic amines is 1. The van der Waals surface area contributed by atoms with Crippen molar-refractivity contribution in [2.75, 3.05) is 0 Å². The summed E-state index contributed by atoms with van der Waals surface area (Å²) in [7, 11) is -3.81. The van der Waals surface area contributed by atoms with Crippen LogP contribution in [0.5, 0.6) is 0 Å². The molecule has 2 aromatic rings. The Morgan fingerprint density at radius 1 is 1.57 bits per heavy atom. The standard InChI is InChI=1S/C12H16N4O4S/c1-3-16-7-10(4-11(16)12(17)18)21(19,20)15-8(2)9-5-13-14-6-9/h4-8,15H,3H2,1-2H3,(H,13,14)(H,17,18). The third kappa shape index (κ3) is 3.14. The summed E-state index contributed by atoms with van der Waals surface area (Å²) in [5, 5.41) is 15.4. The van der Waals surface area contributed by atoms with Gasteiger partial charge in [0, 0.05) is 30.5 Å². The first-order chi connectivity index (χ1) is 9.85. The molecule has 0 aliphatic carbocycles. The number of carboxylic acids is 1. The van der Waals surface area contributed by atoms with Crippen LogP contribution in [0.2, 0.25) is 0 Å². The molecule has 0 saturated heterocycles. The van der Waals surface area contributed by atoms with Crippen molar-refractivity contribution >= 4 is 16.0 Å². The van der Waals surface area contributed by atoms with Crippen molar-refractivity contribution in [2.45, 2.75) is 31.3 Å². The van der Waals surface area contributed by atoms with E-state index in [9.17, 15) is 13.2 Å². The maximum Gasteiger partial charge on any atom is 0.352 e. The Morgan fingerprint density at radius 2 is 2.29 bits per heavy atom. The van der Waals surface area contributed by atoms with Crippen LogP contribution in [0.1, 0.15) is 35.9 Å². The van der Waals surface area contributed by atoms with E-state index in [0.29, 0.717) is 12.1 Å². The summed E-state index contributed by atoms with van der Waals surface area (Å²) in [4.78, 5) is 11.0. The van der Waals surface area contributed by atoms with Gasteiger partial charge < -0.3 is 9.67 Å². The number of rotatable bonds is 6. The fourth-order valence-electron chi connectivity index (χ4n) is 1.94. The lowest BCUT2D eigenvalue weighted by molar-refractivity contribution is 0.0685. The molecular weight excluding hydrogens is 296 g/mol. The molecule has 0 aliphatic rings. The van der Waals surface area contributed by atoms with Crippen LogP contribution in [0.15, 0.2) is 29.6 Å². The molecule has 0 aromatic carbocycles. The molecule has 2 aromatic heterocycles. The number of hydrogen-bond acceptors (Lipinski definition) is 4. The van der Waals surface area contributed by atoms with Crippen molar-refractivity contribution in [1.29, 1.82) is 0 Å². The third-order valence-corrected chi connectivity index (χ3v) is 4.60. The number of carboxylic acid groups (broad SMARTS) is 1. The summed E-state index contributed by atoms with van der Waals surface area (Å²) in [6, 6.07) is 0.669. The van der Waals surface area contributed by atoms with Crippen LogP contribution in [0.4, 0.5) is 0 Å². The zero-order valence-electron chi connectivity index (χ0n) is 11.6. The lowest BCUT2D eigenvalue weighted by Crippen LogP contribution is -2.26. The van der Waals surface area contributed by atoms with E-state index >= 15 is 0 Å². The number of sulfonamides is 1. The molecule has 0 saturated carbocycles. The molecule has 8 nitrogen and oxygen atoms in total. The lowest BCUT2D eigenvalue weighted by Gasteiger charge is -2.11. The van der Waals surface area contributed by atoms with Crippen LogP contribution >= 0.6 is 0 Å². The highest BCUT2D eigenvalue weighted by atomic mass is 32.2. The lowest BCUT2D eigenvalue weighted by atomic mass is 10.2. The topological polar surface area (TPSA) is 117 Å². The van der Waals surface area contributed by atoms with Gasteiger partial charge in [-0.25, -0.2) is 17.9 Å². The van der Waals surface area contributed by atoms with Gasteiger partial charge in [-0.2, -0.15) is 5.10 Å². The molecule has 0 amide bonds. The molecule has 3 N–H and O–H groups in total. The molecule has 2 heterocycles. The first-order valence-corrected chi connectivity index (χ1v) is 7.78. The van der Waals surface area contributed by atoms with E-state index in [0.717, 1.165) is 6.07 Å². The smallest absolute Gasteiger partial charge is 0.352 e. The fraction of sp³-hybridized carbons (Fsp3) is 0.333. The summed E-state index contributed by atoms with van der Waals surface area (Å²) in [5.41, 5.74) is 0.626. The van der Waals surface area contributed by atoms with Crippen molar-refractivity contribution in [1.82, 2.24) is 19.5 Å². The normalized spacial score (nSPS) is 13.2. The average Bonchev–Trinajstić information content (AvgIpc) is 3.07. The monoisotopic (exact) mass is 312 g/mol. The summed E-state index contributed by atoms with van der Waals surface area (Å²) in [6.07, 6.45) is 4.42.